The van der Waals surface area contributed by atoms with Crippen molar-refractivity contribution in [2.24, 2.45) is 0 Å². The summed E-state index contributed by atoms with van der Waals surface area (Å²) in [6.45, 7) is 9.32. The fourth-order valence-corrected chi connectivity index (χ4v) is 4.02. The fraction of sp³-hybridized carbons (Fsp3) is 0.500. The molecule has 0 atom stereocenters. The minimum Gasteiger partial charge on any atom is -0.381 e. The van der Waals surface area contributed by atoms with Crippen LogP contribution in [0.25, 0.3) is 0 Å². The normalized spacial score (nSPS) is 17.6. The molecule has 2 aliphatic rings. The van der Waals surface area contributed by atoms with Gasteiger partial charge in [-0.2, -0.15) is 0 Å². The van der Waals surface area contributed by atoms with Gasteiger partial charge in [-0.25, -0.2) is 0 Å². The zero-order valence-corrected chi connectivity index (χ0v) is 17.3. The van der Waals surface area contributed by atoms with Crippen LogP contribution >= 0.6 is 0 Å². The van der Waals surface area contributed by atoms with E-state index in [1.807, 2.05) is 0 Å². The van der Waals surface area contributed by atoms with Gasteiger partial charge in [0, 0.05) is 50.6 Å². The molecule has 0 aromatic heterocycles. The first-order chi connectivity index (χ1) is 14.4. The largest absolute Gasteiger partial charge is 0.381 e. The lowest BCUT2D eigenvalue weighted by molar-refractivity contribution is 0.0180. The number of anilines is 2. The first-order valence-corrected chi connectivity index (χ1v) is 10.9. The fourth-order valence-electron chi connectivity index (χ4n) is 4.02. The van der Waals surface area contributed by atoms with E-state index in [0.717, 1.165) is 51.7 Å². The highest BCUT2D eigenvalue weighted by molar-refractivity contribution is 5.51. The maximum Gasteiger partial charge on any atom is 0.0718 e. The molecule has 0 bridgehead atoms. The molecular formula is C24H33N3O2. The van der Waals surface area contributed by atoms with Crippen molar-refractivity contribution in [1.82, 2.24) is 4.90 Å². The van der Waals surface area contributed by atoms with Crippen molar-refractivity contribution in [2.45, 2.75) is 26.0 Å². The third kappa shape index (κ3) is 6.20. The van der Waals surface area contributed by atoms with Crippen LogP contribution < -0.4 is 10.2 Å². The highest BCUT2D eigenvalue weighted by Gasteiger charge is 2.12. The van der Waals surface area contributed by atoms with Crippen molar-refractivity contribution in [3.05, 3.63) is 59.7 Å². The van der Waals surface area contributed by atoms with Crippen LogP contribution in [0.15, 0.2) is 48.5 Å². The van der Waals surface area contributed by atoms with Gasteiger partial charge in [0.25, 0.3) is 0 Å². The SMILES string of the molecule is c1cc(COCCN2CCOCC2)cc(NCc2cccc(N3CCCC3)c2)c1. The molecule has 2 heterocycles. The number of hydrogen-bond acceptors (Lipinski definition) is 5. The van der Waals surface area contributed by atoms with Gasteiger partial charge in [-0.3, -0.25) is 4.90 Å². The molecule has 0 spiro atoms. The second-order valence-corrected chi connectivity index (χ2v) is 7.92. The summed E-state index contributed by atoms with van der Waals surface area (Å²) in [5, 5.41) is 3.57. The average molecular weight is 396 g/mol. The molecule has 2 saturated heterocycles. The lowest BCUT2D eigenvalue weighted by Gasteiger charge is -2.26. The first kappa shape index (κ1) is 20.2. The summed E-state index contributed by atoms with van der Waals surface area (Å²) < 4.78 is 11.3. The predicted molar refractivity (Wildman–Crippen MR) is 119 cm³/mol. The topological polar surface area (TPSA) is 37.0 Å². The van der Waals surface area contributed by atoms with E-state index in [9.17, 15) is 0 Å². The van der Waals surface area contributed by atoms with Gasteiger partial charge in [0.2, 0.25) is 0 Å². The molecule has 5 heteroatoms. The Balaban J connectivity index is 1.23. The molecular weight excluding hydrogens is 362 g/mol. The average Bonchev–Trinajstić information content (AvgIpc) is 3.32. The Bertz CT molecular complexity index is 755. The second kappa shape index (κ2) is 10.6. The molecule has 29 heavy (non-hydrogen) atoms. The summed E-state index contributed by atoms with van der Waals surface area (Å²) in [4.78, 5) is 4.89. The van der Waals surface area contributed by atoms with Crippen molar-refractivity contribution < 1.29 is 9.47 Å². The van der Waals surface area contributed by atoms with E-state index in [1.165, 1.54) is 42.7 Å². The quantitative estimate of drug-likeness (QED) is 0.655. The van der Waals surface area contributed by atoms with E-state index in [0.29, 0.717) is 6.61 Å². The minimum atomic E-state index is 0.657. The van der Waals surface area contributed by atoms with Gasteiger partial charge in [-0.15, -0.1) is 0 Å². The predicted octanol–water partition coefficient (Wildman–Crippen LogP) is 3.75. The molecule has 2 aromatic carbocycles. The van der Waals surface area contributed by atoms with Crippen molar-refractivity contribution >= 4 is 11.4 Å². The van der Waals surface area contributed by atoms with Crippen molar-refractivity contribution in [2.75, 3.05) is 62.8 Å². The maximum atomic E-state index is 5.90. The molecule has 2 aliphatic heterocycles. The van der Waals surface area contributed by atoms with Crippen LogP contribution in [0.4, 0.5) is 11.4 Å². The Labute approximate surface area is 174 Å². The van der Waals surface area contributed by atoms with Gasteiger partial charge in [0.05, 0.1) is 26.4 Å². The standard InChI is InChI=1S/C24H33N3O2/c1-2-10-27(9-1)24-8-4-5-21(18-24)19-25-23-7-3-6-22(17-23)20-29-16-13-26-11-14-28-15-12-26/h3-8,17-18,25H,1-2,9-16,19-20H2. The molecule has 0 radical (unpaired) electrons. The highest BCUT2D eigenvalue weighted by atomic mass is 16.5. The maximum absolute atomic E-state index is 5.90. The second-order valence-electron chi connectivity index (χ2n) is 7.92. The monoisotopic (exact) mass is 395 g/mol. The summed E-state index contributed by atoms with van der Waals surface area (Å²) in [7, 11) is 0. The Morgan fingerprint density at radius 2 is 1.69 bits per heavy atom. The molecule has 2 aromatic rings. The Morgan fingerprint density at radius 1 is 0.897 bits per heavy atom. The van der Waals surface area contributed by atoms with Gasteiger partial charge >= 0.3 is 0 Å². The van der Waals surface area contributed by atoms with Gasteiger partial charge in [-0.1, -0.05) is 24.3 Å². The number of morpholine rings is 1. The lowest BCUT2D eigenvalue weighted by atomic mass is 10.1. The van der Waals surface area contributed by atoms with Crippen LogP contribution in [0.2, 0.25) is 0 Å². The minimum absolute atomic E-state index is 0.657. The van der Waals surface area contributed by atoms with Crippen molar-refractivity contribution in [1.29, 1.82) is 0 Å². The number of benzene rings is 2. The first-order valence-electron chi connectivity index (χ1n) is 10.9. The van der Waals surface area contributed by atoms with Gasteiger partial charge in [0.15, 0.2) is 0 Å². The molecule has 4 rings (SSSR count). The number of hydrogen-bond donors (Lipinski definition) is 1. The van der Waals surface area contributed by atoms with Crippen LogP contribution in [0.1, 0.15) is 24.0 Å². The van der Waals surface area contributed by atoms with Crippen molar-refractivity contribution in [3.63, 3.8) is 0 Å². The zero-order chi connectivity index (χ0) is 19.7. The molecule has 2 fully saturated rings. The molecule has 5 nitrogen and oxygen atoms in total. The lowest BCUT2D eigenvalue weighted by Crippen LogP contribution is -2.38. The molecule has 0 aliphatic carbocycles. The Hall–Kier alpha value is -2.08. The molecule has 0 saturated carbocycles. The summed E-state index contributed by atoms with van der Waals surface area (Å²) >= 11 is 0. The summed E-state index contributed by atoms with van der Waals surface area (Å²) in [5.74, 6) is 0. The summed E-state index contributed by atoms with van der Waals surface area (Å²) in [6.07, 6.45) is 2.62. The van der Waals surface area contributed by atoms with Crippen LogP contribution in [0.3, 0.4) is 0 Å². The van der Waals surface area contributed by atoms with Gasteiger partial charge in [0.1, 0.15) is 0 Å². The molecule has 0 unspecified atom stereocenters. The van der Waals surface area contributed by atoms with Crippen LogP contribution in [0.5, 0.6) is 0 Å². The van der Waals surface area contributed by atoms with Crippen molar-refractivity contribution in [3.8, 4) is 0 Å². The smallest absolute Gasteiger partial charge is 0.0718 e. The van der Waals surface area contributed by atoms with Gasteiger partial charge < -0.3 is 19.7 Å². The van der Waals surface area contributed by atoms with E-state index in [-0.39, 0.29) is 0 Å². The third-order valence-electron chi connectivity index (χ3n) is 5.73. The van der Waals surface area contributed by atoms with Crippen LogP contribution in [0, 0.1) is 0 Å². The number of ether oxygens (including phenoxy) is 2. The number of rotatable bonds is 9. The number of nitrogens with zero attached hydrogens (tertiary/aromatic N) is 2. The van der Waals surface area contributed by atoms with E-state index >= 15 is 0 Å². The summed E-state index contributed by atoms with van der Waals surface area (Å²) in [6, 6.07) is 17.5. The van der Waals surface area contributed by atoms with Crippen LogP contribution in [-0.4, -0.2) is 57.4 Å². The van der Waals surface area contributed by atoms with Crippen LogP contribution in [-0.2, 0) is 22.6 Å². The summed E-state index contributed by atoms with van der Waals surface area (Å²) in [5.41, 5.74) is 5.03. The molecule has 156 valence electrons. The Kier molecular flexibility index (Phi) is 7.40. The van der Waals surface area contributed by atoms with E-state index in [1.54, 1.807) is 0 Å². The van der Waals surface area contributed by atoms with E-state index in [4.69, 9.17) is 9.47 Å². The zero-order valence-electron chi connectivity index (χ0n) is 17.3. The Morgan fingerprint density at radius 3 is 2.55 bits per heavy atom. The number of nitrogens with one attached hydrogen (secondary N) is 1. The van der Waals surface area contributed by atoms with Gasteiger partial charge in [-0.05, 0) is 48.2 Å². The van der Waals surface area contributed by atoms with E-state index in [2.05, 4.69) is 63.6 Å². The molecule has 0 amide bonds. The highest BCUT2D eigenvalue weighted by Crippen LogP contribution is 2.22. The molecule has 1 N–H and O–H groups in total. The van der Waals surface area contributed by atoms with E-state index < -0.39 is 0 Å². The third-order valence-corrected chi connectivity index (χ3v) is 5.73.